The highest BCUT2D eigenvalue weighted by Crippen LogP contribution is 2.45. The average Bonchev–Trinajstić information content (AvgIpc) is 3.68. The first kappa shape index (κ1) is 42.3. The van der Waals surface area contributed by atoms with Gasteiger partial charge in [-0.2, -0.15) is 26.3 Å². The fraction of sp³-hybridized carbons (Fsp3) is 0.333. The minimum absolute atomic E-state index is 0.0648. The van der Waals surface area contributed by atoms with Crippen molar-refractivity contribution < 1.29 is 54.1 Å². The van der Waals surface area contributed by atoms with Crippen LogP contribution < -0.4 is 0 Å². The van der Waals surface area contributed by atoms with Crippen LogP contribution in [0.1, 0.15) is 63.1 Å². The number of aliphatic hydroxyl groups is 2. The zero-order valence-electron chi connectivity index (χ0n) is 30.7. The molecule has 0 radical (unpaired) electrons. The zero-order valence-corrected chi connectivity index (χ0v) is 30.7. The first-order chi connectivity index (χ1) is 25.8. The second kappa shape index (κ2) is 15.3. The van der Waals surface area contributed by atoms with E-state index in [1.165, 1.54) is 92.7 Å². The first-order valence-electron chi connectivity index (χ1n) is 17.5. The molecule has 2 unspecified atom stereocenters. The van der Waals surface area contributed by atoms with E-state index in [-0.39, 0.29) is 22.4 Å². The Morgan fingerprint density at radius 1 is 0.482 bits per heavy atom. The molecule has 0 bridgehead atoms. The normalized spacial score (nSPS) is 15.0. The van der Waals surface area contributed by atoms with Crippen LogP contribution in [0.3, 0.4) is 0 Å². The van der Waals surface area contributed by atoms with Crippen molar-refractivity contribution in [2.45, 2.75) is 87.8 Å². The third-order valence-corrected chi connectivity index (χ3v) is 10.0. The van der Waals surface area contributed by atoms with Crippen LogP contribution in [0.5, 0.6) is 0 Å². The summed E-state index contributed by atoms with van der Waals surface area (Å²) in [5, 5.41) is 22.1. The molecule has 6 rings (SSSR count). The highest BCUT2D eigenvalue weighted by atomic mass is 19.4. The Labute approximate surface area is 316 Å². The van der Waals surface area contributed by atoms with Crippen molar-refractivity contribution >= 4 is 21.8 Å². The Morgan fingerprint density at radius 3 is 1.29 bits per heavy atom. The largest absolute Gasteiger partial charge is 0.417 e. The summed E-state index contributed by atoms with van der Waals surface area (Å²) in [6.07, 6.45) is -12.7. The third-order valence-electron chi connectivity index (χ3n) is 10.0. The van der Waals surface area contributed by atoms with Crippen LogP contribution >= 0.6 is 0 Å². The number of rotatable bonds is 10. The molecule has 0 saturated heterocycles. The average molecular weight is 795 g/mol. The number of fused-ring (bicyclic) bond motifs is 2. The van der Waals surface area contributed by atoms with Crippen LogP contribution in [0.2, 0.25) is 0 Å². The lowest BCUT2D eigenvalue weighted by molar-refractivity contribution is -0.266. The maximum Gasteiger partial charge on any atom is 0.417 e. The molecule has 0 fully saturated rings. The van der Waals surface area contributed by atoms with Gasteiger partial charge in [-0.05, 0) is 83.3 Å². The fourth-order valence-corrected chi connectivity index (χ4v) is 7.18. The SMILES string of the molecule is CC(C)(CC(O)(Cc1cc2cccc(F)c2[nH]1)C(F)(F)F)c1ccc(F)cc1.CC(C)(CC(O)(Cc1cc2cccc(F)c2[nH]1)C(F)(F)F)c1cccc(F)c1. The first-order valence-corrected chi connectivity index (χ1v) is 17.5. The number of benzene rings is 4. The minimum atomic E-state index is -4.94. The molecule has 2 atom stereocenters. The number of nitrogens with one attached hydrogen (secondary N) is 2. The van der Waals surface area contributed by atoms with Gasteiger partial charge in [-0.1, -0.05) is 76.2 Å². The molecule has 6 aromatic rings. The molecule has 4 nitrogen and oxygen atoms in total. The number of alkyl halides is 6. The van der Waals surface area contributed by atoms with Crippen LogP contribution in [-0.2, 0) is 23.7 Å². The lowest BCUT2D eigenvalue weighted by Gasteiger charge is -2.38. The number of hydrogen-bond acceptors (Lipinski definition) is 2. The molecule has 0 spiro atoms. The van der Waals surface area contributed by atoms with Crippen LogP contribution in [-0.4, -0.2) is 43.7 Å². The van der Waals surface area contributed by atoms with Crippen LogP contribution in [0.15, 0.2) is 97.1 Å². The predicted octanol–water partition coefficient (Wildman–Crippen LogP) is 11.3. The van der Waals surface area contributed by atoms with E-state index in [0.717, 1.165) is 6.07 Å². The number of H-pyrrole nitrogens is 2. The predicted molar refractivity (Wildman–Crippen MR) is 194 cm³/mol. The van der Waals surface area contributed by atoms with Crippen molar-refractivity contribution in [2.75, 3.05) is 0 Å². The third kappa shape index (κ3) is 9.24. The highest BCUT2D eigenvalue weighted by Gasteiger charge is 2.57. The van der Waals surface area contributed by atoms with Gasteiger partial charge in [0.25, 0.3) is 0 Å². The molecule has 300 valence electrons. The van der Waals surface area contributed by atoms with E-state index in [4.69, 9.17) is 0 Å². The summed E-state index contributed by atoms with van der Waals surface area (Å²) in [6.45, 7) is 6.15. The number of halogens is 10. The highest BCUT2D eigenvalue weighted by molar-refractivity contribution is 5.81. The quantitative estimate of drug-likeness (QED) is 0.104. The minimum Gasteiger partial charge on any atom is -0.380 e. The molecular weight excluding hydrogens is 754 g/mol. The van der Waals surface area contributed by atoms with Gasteiger partial charge in [0.2, 0.25) is 0 Å². The molecule has 14 heteroatoms. The van der Waals surface area contributed by atoms with E-state index >= 15 is 0 Å². The van der Waals surface area contributed by atoms with E-state index in [1.54, 1.807) is 26.0 Å². The number of hydrogen-bond donors (Lipinski definition) is 4. The lowest BCUT2D eigenvalue weighted by Crippen LogP contribution is -2.50. The van der Waals surface area contributed by atoms with Crippen LogP contribution in [0.25, 0.3) is 21.8 Å². The summed E-state index contributed by atoms with van der Waals surface area (Å²) >= 11 is 0. The summed E-state index contributed by atoms with van der Waals surface area (Å²) in [6, 6.07) is 21.7. The Bertz CT molecular complexity index is 2290. The Hall–Kier alpha value is -4.82. The molecule has 0 aliphatic rings. The molecule has 56 heavy (non-hydrogen) atoms. The van der Waals surface area contributed by atoms with Crippen molar-refractivity contribution in [3.8, 4) is 0 Å². The van der Waals surface area contributed by atoms with Gasteiger partial charge in [-0.15, -0.1) is 0 Å². The van der Waals surface area contributed by atoms with Gasteiger partial charge in [0.15, 0.2) is 11.2 Å². The molecule has 0 aliphatic heterocycles. The zero-order chi connectivity index (χ0) is 41.5. The summed E-state index contributed by atoms with van der Waals surface area (Å²) in [7, 11) is 0. The number of para-hydroxylation sites is 2. The van der Waals surface area contributed by atoms with Gasteiger partial charge in [-0.25, -0.2) is 17.6 Å². The van der Waals surface area contributed by atoms with Crippen molar-refractivity contribution in [2.24, 2.45) is 0 Å². The molecule has 0 amide bonds. The van der Waals surface area contributed by atoms with Gasteiger partial charge >= 0.3 is 12.4 Å². The standard InChI is InChI=1S/2C21H20F5NO/c1-19(2,14-6-4-7-15(22)10-14)12-20(28,21(24,25)26)11-16-9-13-5-3-8-17(23)18(13)27-16;1-19(2,14-6-8-15(22)9-7-14)12-20(28,21(24,25)26)11-16-10-13-4-3-5-17(23)18(13)27-16/h2*3-10,27-28H,11-12H2,1-2H3. The molecule has 2 heterocycles. The smallest absolute Gasteiger partial charge is 0.380 e. The van der Waals surface area contributed by atoms with Crippen LogP contribution in [0, 0.1) is 23.3 Å². The van der Waals surface area contributed by atoms with E-state index in [2.05, 4.69) is 9.97 Å². The van der Waals surface area contributed by atoms with Crippen molar-refractivity contribution in [3.05, 3.63) is 143 Å². The number of aromatic amines is 2. The summed E-state index contributed by atoms with van der Waals surface area (Å²) in [5.74, 6) is -2.22. The second-order valence-corrected chi connectivity index (χ2v) is 15.5. The molecule has 0 saturated carbocycles. The Balaban J connectivity index is 0.000000214. The maximum atomic E-state index is 13.8. The molecule has 4 N–H and O–H groups in total. The van der Waals surface area contributed by atoms with Crippen molar-refractivity contribution in [1.82, 2.24) is 9.97 Å². The van der Waals surface area contributed by atoms with Gasteiger partial charge in [-0.3, -0.25) is 0 Å². The van der Waals surface area contributed by atoms with Crippen LogP contribution in [0.4, 0.5) is 43.9 Å². The number of aromatic nitrogens is 2. The molecule has 0 aliphatic carbocycles. The lowest BCUT2D eigenvalue weighted by atomic mass is 9.73. The summed E-state index contributed by atoms with van der Waals surface area (Å²) in [4.78, 5) is 5.27. The maximum absolute atomic E-state index is 13.8. The fourth-order valence-electron chi connectivity index (χ4n) is 7.18. The van der Waals surface area contributed by atoms with Gasteiger partial charge < -0.3 is 20.2 Å². The van der Waals surface area contributed by atoms with Gasteiger partial charge in [0, 0.05) is 35.0 Å². The summed E-state index contributed by atoms with van der Waals surface area (Å²) < 4.78 is 137. The van der Waals surface area contributed by atoms with E-state index < -0.39 is 83.3 Å². The molecular formula is C42H40F10N2O2. The second-order valence-electron chi connectivity index (χ2n) is 15.5. The summed E-state index contributed by atoms with van der Waals surface area (Å²) in [5.41, 5.74) is -7.24. The van der Waals surface area contributed by atoms with E-state index in [0.29, 0.717) is 21.9 Å². The van der Waals surface area contributed by atoms with E-state index in [1.807, 2.05) is 0 Å². The Morgan fingerprint density at radius 2 is 0.893 bits per heavy atom. The topological polar surface area (TPSA) is 72.0 Å². The monoisotopic (exact) mass is 794 g/mol. The van der Waals surface area contributed by atoms with E-state index in [9.17, 15) is 54.1 Å². The molecule has 4 aromatic carbocycles. The van der Waals surface area contributed by atoms with Crippen molar-refractivity contribution in [1.29, 1.82) is 0 Å². The molecule has 2 aromatic heterocycles. The van der Waals surface area contributed by atoms with Crippen molar-refractivity contribution in [3.63, 3.8) is 0 Å². The Kier molecular flexibility index (Phi) is 11.5. The van der Waals surface area contributed by atoms with Gasteiger partial charge in [0.05, 0.1) is 11.0 Å². The van der Waals surface area contributed by atoms with Gasteiger partial charge in [0.1, 0.15) is 23.3 Å².